The highest BCUT2D eigenvalue weighted by molar-refractivity contribution is 9.10. The van der Waals surface area contributed by atoms with Crippen LogP contribution in [0.4, 0.5) is 5.69 Å². The van der Waals surface area contributed by atoms with E-state index in [1.54, 1.807) is 6.07 Å². The summed E-state index contributed by atoms with van der Waals surface area (Å²) in [5.74, 6) is -0.196. The number of carbonyl (C=O) groups is 1. The molecule has 23 heavy (non-hydrogen) atoms. The lowest BCUT2D eigenvalue weighted by Crippen LogP contribution is -2.36. The molecule has 0 unspecified atom stereocenters. The summed E-state index contributed by atoms with van der Waals surface area (Å²) in [5, 5.41) is 7.74. The summed E-state index contributed by atoms with van der Waals surface area (Å²) in [5.41, 5.74) is 4.17. The molecule has 0 saturated carbocycles. The number of nitrogens with one attached hydrogen (secondary N) is 2. The van der Waals surface area contributed by atoms with Crippen LogP contribution in [0.2, 0.25) is 5.02 Å². The van der Waals surface area contributed by atoms with Crippen molar-refractivity contribution in [3.63, 3.8) is 0 Å². The molecule has 0 saturated heterocycles. The van der Waals surface area contributed by atoms with Crippen LogP contribution in [0, 0.1) is 0 Å². The smallest absolute Gasteiger partial charge is 0.262 e. The van der Waals surface area contributed by atoms with Crippen LogP contribution in [0.15, 0.2) is 58.1 Å². The average molecular weight is 395 g/mol. The molecule has 0 bridgehead atoms. The first kappa shape index (κ1) is 17.5. The Morgan fingerprint density at radius 3 is 2.61 bits per heavy atom. The molecule has 0 aromatic heterocycles. The zero-order chi connectivity index (χ0) is 16.7. The van der Waals surface area contributed by atoms with Gasteiger partial charge < -0.3 is 5.32 Å². The SMILES string of the molecule is CC[C@H](Nc1ccc(Br)cc1)C(=O)N/N=C\c1ccccc1Cl. The van der Waals surface area contributed by atoms with Gasteiger partial charge in [0.2, 0.25) is 0 Å². The van der Waals surface area contributed by atoms with Crippen molar-refractivity contribution in [1.29, 1.82) is 0 Å². The maximum Gasteiger partial charge on any atom is 0.262 e. The van der Waals surface area contributed by atoms with Crippen LogP contribution >= 0.6 is 27.5 Å². The molecule has 2 aromatic carbocycles. The number of hydrogen-bond acceptors (Lipinski definition) is 3. The first-order chi connectivity index (χ1) is 11.1. The van der Waals surface area contributed by atoms with E-state index in [0.29, 0.717) is 11.4 Å². The highest BCUT2D eigenvalue weighted by Gasteiger charge is 2.15. The minimum atomic E-state index is -0.362. The fourth-order valence-electron chi connectivity index (χ4n) is 1.92. The summed E-state index contributed by atoms with van der Waals surface area (Å²) in [6.45, 7) is 1.94. The molecule has 1 amide bonds. The Morgan fingerprint density at radius 2 is 1.96 bits per heavy atom. The third kappa shape index (κ3) is 5.37. The van der Waals surface area contributed by atoms with Gasteiger partial charge in [-0.15, -0.1) is 0 Å². The molecular formula is C17H17BrClN3O. The van der Waals surface area contributed by atoms with Gasteiger partial charge in [-0.25, -0.2) is 5.43 Å². The summed E-state index contributed by atoms with van der Waals surface area (Å²) in [6, 6.07) is 14.6. The van der Waals surface area contributed by atoms with Crippen LogP contribution in [-0.4, -0.2) is 18.2 Å². The standard InChI is InChI=1S/C17H17BrClN3O/c1-2-16(21-14-9-7-13(18)8-10-14)17(23)22-20-11-12-5-3-4-6-15(12)19/h3-11,16,21H,2H2,1H3,(H,22,23)/b20-11-/t16-/m0/s1. The molecule has 0 aliphatic heterocycles. The summed E-state index contributed by atoms with van der Waals surface area (Å²) in [6.07, 6.45) is 2.18. The van der Waals surface area contributed by atoms with E-state index in [1.165, 1.54) is 6.21 Å². The van der Waals surface area contributed by atoms with Gasteiger partial charge in [0.05, 0.1) is 6.21 Å². The predicted octanol–water partition coefficient (Wildman–Crippen LogP) is 4.44. The Bertz CT molecular complexity index is 688. The van der Waals surface area contributed by atoms with E-state index < -0.39 is 0 Å². The van der Waals surface area contributed by atoms with Crippen molar-refractivity contribution in [3.8, 4) is 0 Å². The van der Waals surface area contributed by atoms with Gasteiger partial charge in [-0.1, -0.05) is 52.7 Å². The molecule has 0 aliphatic rings. The van der Waals surface area contributed by atoms with Crippen molar-refractivity contribution < 1.29 is 4.79 Å². The first-order valence-corrected chi connectivity index (χ1v) is 8.36. The minimum Gasteiger partial charge on any atom is -0.374 e. The number of anilines is 1. The van der Waals surface area contributed by atoms with Crippen molar-refractivity contribution in [2.45, 2.75) is 19.4 Å². The lowest BCUT2D eigenvalue weighted by molar-refractivity contribution is -0.121. The number of hydrogen-bond donors (Lipinski definition) is 2. The zero-order valence-electron chi connectivity index (χ0n) is 12.6. The highest BCUT2D eigenvalue weighted by Crippen LogP contribution is 2.16. The van der Waals surface area contributed by atoms with E-state index in [1.807, 2.05) is 49.4 Å². The van der Waals surface area contributed by atoms with Gasteiger partial charge in [-0.05, 0) is 36.8 Å². The molecule has 0 fully saturated rings. The average Bonchev–Trinajstić information content (AvgIpc) is 2.56. The Labute approximate surface area is 149 Å². The molecule has 4 nitrogen and oxygen atoms in total. The molecule has 1 atom stereocenters. The molecule has 0 heterocycles. The summed E-state index contributed by atoms with van der Waals surface area (Å²) >= 11 is 9.41. The predicted molar refractivity (Wildman–Crippen MR) is 99.0 cm³/mol. The number of nitrogens with zero attached hydrogens (tertiary/aromatic N) is 1. The monoisotopic (exact) mass is 393 g/mol. The van der Waals surface area contributed by atoms with Gasteiger partial charge in [0.15, 0.2) is 0 Å². The van der Waals surface area contributed by atoms with Gasteiger partial charge in [0.25, 0.3) is 5.91 Å². The van der Waals surface area contributed by atoms with Crippen LogP contribution < -0.4 is 10.7 Å². The topological polar surface area (TPSA) is 53.5 Å². The van der Waals surface area contributed by atoms with Gasteiger partial charge in [0, 0.05) is 20.7 Å². The fraction of sp³-hybridized carbons (Fsp3) is 0.176. The summed E-state index contributed by atoms with van der Waals surface area (Å²) in [4.78, 5) is 12.2. The number of carbonyl (C=O) groups excluding carboxylic acids is 1. The second-order valence-corrected chi connectivity index (χ2v) is 6.19. The van der Waals surface area contributed by atoms with E-state index in [-0.39, 0.29) is 11.9 Å². The largest absolute Gasteiger partial charge is 0.374 e. The minimum absolute atomic E-state index is 0.196. The third-order valence-electron chi connectivity index (χ3n) is 3.19. The second-order valence-electron chi connectivity index (χ2n) is 4.87. The van der Waals surface area contributed by atoms with E-state index in [2.05, 4.69) is 31.8 Å². The van der Waals surface area contributed by atoms with Gasteiger partial charge >= 0.3 is 0 Å². The van der Waals surface area contributed by atoms with Crippen molar-refractivity contribution in [2.24, 2.45) is 5.10 Å². The van der Waals surface area contributed by atoms with Gasteiger partial charge in [0.1, 0.15) is 6.04 Å². The van der Waals surface area contributed by atoms with E-state index in [4.69, 9.17) is 11.6 Å². The van der Waals surface area contributed by atoms with Crippen LogP contribution in [0.3, 0.4) is 0 Å². The van der Waals surface area contributed by atoms with Crippen LogP contribution in [0.1, 0.15) is 18.9 Å². The van der Waals surface area contributed by atoms with Crippen LogP contribution in [0.25, 0.3) is 0 Å². The third-order valence-corrected chi connectivity index (χ3v) is 4.07. The van der Waals surface area contributed by atoms with Crippen LogP contribution in [0.5, 0.6) is 0 Å². The Kier molecular flexibility index (Phi) is 6.62. The van der Waals surface area contributed by atoms with Gasteiger partial charge in [-0.3, -0.25) is 4.79 Å². The summed E-state index contributed by atoms with van der Waals surface area (Å²) in [7, 11) is 0. The molecule has 0 aliphatic carbocycles. The van der Waals surface area contributed by atoms with E-state index >= 15 is 0 Å². The number of benzene rings is 2. The van der Waals surface area contributed by atoms with Crippen molar-refractivity contribution in [3.05, 3.63) is 63.6 Å². The van der Waals surface area contributed by atoms with Crippen LogP contribution in [-0.2, 0) is 4.79 Å². The number of amides is 1. The van der Waals surface area contributed by atoms with Gasteiger partial charge in [-0.2, -0.15) is 5.10 Å². The normalized spacial score (nSPS) is 12.1. The Morgan fingerprint density at radius 1 is 1.26 bits per heavy atom. The lowest BCUT2D eigenvalue weighted by Gasteiger charge is -2.16. The molecule has 0 spiro atoms. The second kappa shape index (κ2) is 8.70. The first-order valence-electron chi connectivity index (χ1n) is 7.19. The maximum absolute atomic E-state index is 12.2. The highest BCUT2D eigenvalue weighted by atomic mass is 79.9. The Hall–Kier alpha value is -1.85. The van der Waals surface area contributed by atoms with Crippen molar-refractivity contribution >= 4 is 45.3 Å². The van der Waals surface area contributed by atoms with E-state index in [0.717, 1.165) is 15.7 Å². The lowest BCUT2D eigenvalue weighted by atomic mass is 10.2. The summed E-state index contributed by atoms with van der Waals surface area (Å²) < 4.78 is 0.991. The molecule has 0 radical (unpaired) electrons. The molecule has 2 aromatic rings. The molecule has 2 rings (SSSR count). The van der Waals surface area contributed by atoms with Crippen molar-refractivity contribution in [1.82, 2.24) is 5.43 Å². The Balaban J connectivity index is 1.95. The number of halogens is 2. The van der Waals surface area contributed by atoms with Crippen molar-refractivity contribution in [2.75, 3.05) is 5.32 Å². The molecule has 2 N–H and O–H groups in total. The zero-order valence-corrected chi connectivity index (χ0v) is 14.9. The number of rotatable bonds is 6. The maximum atomic E-state index is 12.2. The number of hydrazone groups is 1. The van der Waals surface area contributed by atoms with E-state index in [9.17, 15) is 4.79 Å². The molecule has 120 valence electrons. The fourth-order valence-corrected chi connectivity index (χ4v) is 2.37. The molecule has 6 heteroatoms. The molecular weight excluding hydrogens is 378 g/mol. The quantitative estimate of drug-likeness (QED) is 0.562.